The Kier molecular flexibility index (Phi) is 4.31. The summed E-state index contributed by atoms with van der Waals surface area (Å²) in [4.78, 5) is 15.9. The molecule has 3 aromatic rings. The summed E-state index contributed by atoms with van der Waals surface area (Å²) in [6.07, 6.45) is 6.24. The number of piperidine rings is 1. The number of rotatable bonds is 4. The van der Waals surface area contributed by atoms with Gasteiger partial charge in [0.2, 0.25) is 0 Å². The Morgan fingerprint density at radius 3 is 2.79 bits per heavy atom. The largest absolute Gasteiger partial charge is 0.298 e. The lowest BCUT2D eigenvalue weighted by Crippen LogP contribution is -2.38. The number of hydrogen-bond acceptors (Lipinski definition) is 3. The van der Waals surface area contributed by atoms with E-state index in [1.165, 1.54) is 27.8 Å². The van der Waals surface area contributed by atoms with Crippen molar-refractivity contribution in [1.29, 1.82) is 0 Å². The van der Waals surface area contributed by atoms with Gasteiger partial charge in [0, 0.05) is 42.9 Å². The van der Waals surface area contributed by atoms with E-state index in [2.05, 4.69) is 47.3 Å². The third-order valence-corrected chi connectivity index (χ3v) is 6.75. The van der Waals surface area contributed by atoms with Crippen molar-refractivity contribution in [1.82, 2.24) is 14.7 Å². The first-order valence-electron chi connectivity index (χ1n) is 10.4. The van der Waals surface area contributed by atoms with Crippen LogP contribution in [-0.2, 0) is 26.4 Å². The molecule has 1 saturated heterocycles. The molecule has 28 heavy (non-hydrogen) atoms. The summed E-state index contributed by atoms with van der Waals surface area (Å²) < 4.78 is 1.93. The lowest BCUT2D eigenvalue weighted by molar-refractivity contribution is 0.0813. The van der Waals surface area contributed by atoms with Crippen LogP contribution < -0.4 is 0 Å². The Morgan fingerprint density at radius 2 is 2.00 bits per heavy atom. The molecule has 4 nitrogen and oxygen atoms in total. The van der Waals surface area contributed by atoms with Gasteiger partial charge in [-0.1, -0.05) is 30.3 Å². The minimum absolute atomic E-state index is 0.0872. The molecular formula is C24H27N3O. The van der Waals surface area contributed by atoms with Crippen molar-refractivity contribution in [3.05, 3.63) is 64.5 Å². The number of carbonyl (C=O) groups excluding carboxylic acids is 1. The van der Waals surface area contributed by atoms with Gasteiger partial charge in [-0.2, -0.15) is 5.10 Å². The average molecular weight is 374 g/mol. The molecule has 2 heterocycles. The van der Waals surface area contributed by atoms with Gasteiger partial charge in [-0.05, 0) is 61.1 Å². The van der Waals surface area contributed by atoms with E-state index in [9.17, 15) is 4.79 Å². The van der Waals surface area contributed by atoms with Crippen LogP contribution in [0.15, 0.2) is 36.5 Å². The second kappa shape index (κ2) is 6.85. The number of hydrogen-bond donors (Lipinski definition) is 0. The molecule has 1 aromatic heterocycles. The topological polar surface area (TPSA) is 38.1 Å². The lowest BCUT2D eigenvalue weighted by Gasteiger charge is -2.32. The number of nitrogens with zero attached hydrogens (tertiary/aromatic N) is 3. The van der Waals surface area contributed by atoms with E-state index in [1.807, 2.05) is 17.9 Å². The smallest absolute Gasteiger partial charge is 0.167 e. The van der Waals surface area contributed by atoms with Crippen LogP contribution in [0.4, 0.5) is 0 Å². The second-order valence-electron chi connectivity index (χ2n) is 8.43. The molecule has 0 N–H and O–H groups in total. The summed E-state index contributed by atoms with van der Waals surface area (Å²) >= 11 is 0. The first-order chi connectivity index (χ1) is 13.6. The standard InChI is InChI=1S/C24H27N3O/c1-16-20(13-25-26(16)2)15-27-12-4-6-19(14-27)24(28)22-11-10-18-9-8-17-5-3-7-21(22)23(17)18/h3,5,7,10-11,13,19H,4,6,8-9,12,14-15H2,1-2H3. The SMILES string of the molecule is Cc1c(CN2CCCC(C(=O)c3ccc4c5c(cccc35)CC4)C2)cnn1C. The van der Waals surface area contributed by atoms with Crippen molar-refractivity contribution in [3.8, 4) is 0 Å². The maximum atomic E-state index is 13.5. The number of carbonyl (C=O) groups is 1. The van der Waals surface area contributed by atoms with Crippen molar-refractivity contribution in [2.24, 2.45) is 13.0 Å². The number of aryl methyl sites for hydroxylation is 3. The Hall–Kier alpha value is -2.46. The van der Waals surface area contributed by atoms with Crippen LogP contribution in [0.1, 0.15) is 45.6 Å². The van der Waals surface area contributed by atoms with Crippen molar-refractivity contribution in [3.63, 3.8) is 0 Å². The average Bonchev–Trinajstić information content (AvgIpc) is 3.28. The first-order valence-corrected chi connectivity index (χ1v) is 10.4. The molecule has 2 aliphatic rings. The van der Waals surface area contributed by atoms with E-state index in [0.29, 0.717) is 5.78 Å². The zero-order valence-electron chi connectivity index (χ0n) is 16.7. The minimum Gasteiger partial charge on any atom is -0.298 e. The maximum Gasteiger partial charge on any atom is 0.167 e. The van der Waals surface area contributed by atoms with Crippen LogP contribution in [0.2, 0.25) is 0 Å². The Morgan fingerprint density at radius 1 is 1.18 bits per heavy atom. The second-order valence-corrected chi connectivity index (χ2v) is 8.43. The van der Waals surface area contributed by atoms with Crippen LogP contribution in [0.3, 0.4) is 0 Å². The van der Waals surface area contributed by atoms with Crippen molar-refractivity contribution in [2.75, 3.05) is 13.1 Å². The zero-order chi connectivity index (χ0) is 19.3. The van der Waals surface area contributed by atoms with Crippen LogP contribution in [0.25, 0.3) is 10.8 Å². The maximum absolute atomic E-state index is 13.5. The Labute approximate surface area is 166 Å². The van der Waals surface area contributed by atoms with Crippen LogP contribution in [0.5, 0.6) is 0 Å². The quantitative estimate of drug-likeness (QED) is 0.647. The number of aromatic nitrogens is 2. The van der Waals surface area contributed by atoms with Gasteiger partial charge in [-0.15, -0.1) is 0 Å². The molecule has 1 unspecified atom stereocenters. The number of likely N-dealkylation sites (tertiary alicyclic amines) is 1. The molecule has 0 amide bonds. The molecule has 144 valence electrons. The van der Waals surface area contributed by atoms with E-state index in [-0.39, 0.29) is 5.92 Å². The van der Waals surface area contributed by atoms with Gasteiger partial charge in [0.05, 0.1) is 6.20 Å². The molecule has 1 atom stereocenters. The number of benzene rings is 2. The van der Waals surface area contributed by atoms with Crippen molar-refractivity contribution >= 4 is 16.6 Å². The Balaban J connectivity index is 1.40. The highest BCUT2D eigenvalue weighted by Crippen LogP contribution is 2.34. The van der Waals surface area contributed by atoms with Crippen LogP contribution in [0, 0.1) is 12.8 Å². The van der Waals surface area contributed by atoms with Gasteiger partial charge >= 0.3 is 0 Å². The van der Waals surface area contributed by atoms with Gasteiger partial charge in [-0.25, -0.2) is 0 Å². The van der Waals surface area contributed by atoms with E-state index in [0.717, 1.165) is 56.3 Å². The third kappa shape index (κ3) is 2.87. The van der Waals surface area contributed by atoms with Crippen molar-refractivity contribution in [2.45, 2.75) is 39.2 Å². The lowest BCUT2D eigenvalue weighted by atomic mass is 9.87. The van der Waals surface area contributed by atoms with E-state index in [4.69, 9.17) is 0 Å². The predicted octanol–water partition coefficient (Wildman–Crippen LogP) is 4.08. The summed E-state index contributed by atoms with van der Waals surface area (Å²) in [7, 11) is 1.98. The fourth-order valence-corrected chi connectivity index (χ4v) is 5.04. The van der Waals surface area contributed by atoms with E-state index < -0.39 is 0 Å². The molecule has 0 radical (unpaired) electrons. The van der Waals surface area contributed by atoms with Gasteiger partial charge in [0.25, 0.3) is 0 Å². The third-order valence-electron chi connectivity index (χ3n) is 6.75. The summed E-state index contributed by atoms with van der Waals surface area (Å²) in [5.74, 6) is 0.410. The van der Waals surface area contributed by atoms with Crippen LogP contribution >= 0.6 is 0 Å². The monoisotopic (exact) mass is 373 g/mol. The molecule has 1 aliphatic heterocycles. The molecule has 4 heteroatoms. The van der Waals surface area contributed by atoms with Crippen LogP contribution in [-0.4, -0.2) is 33.6 Å². The molecular weight excluding hydrogens is 346 g/mol. The molecule has 0 bridgehead atoms. The van der Waals surface area contributed by atoms with Crippen molar-refractivity contribution < 1.29 is 4.79 Å². The highest BCUT2D eigenvalue weighted by molar-refractivity contribution is 6.11. The highest BCUT2D eigenvalue weighted by Gasteiger charge is 2.29. The highest BCUT2D eigenvalue weighted by atomic mass is 16.1. The minimum atomic E-state index is 0.0872. The fourth-order valence-electron chi connectivity index (χ4n) is 5.04. The molecule has 2 aromatic carbocycles. The summed E-state index contributed by atoms with van der Waals surface area (Å²) in [6, 6.07) is 10.7. The summed E-state index contributed by atoms with van der Waals surface area (Å²) in [6.45, 7) is 4.90. The van der Waals surface area contributed by atoms with Gasteiger partial charge in [0.1, 0.15) is 0 Å². The normalized spacial score (nSPS) is 19.4. The van der Waals surface area contributed by atoms with Gasteiger partial charge in [-0.3, -0.25) is 14.4 Å². The molecule has 1 aliphatic carbocycles. The molecule has 1 fully saturated rings. The summed E-state index contributed by atoms with van der Waals surface area (Å²) in [5, 5.41) is 6.87. The zero-order valence-corrected chi connectivity index (χ0v) is 16.7. The number of ketones is 1. The first kappa shape index (κ1) is 17.6. The van der Waals surface area contributed by atoms with Gasteiger partial charge < -0.3 is 0 Å². The fraction of sp³-hybridized carbons (Fsp3) is 0.417. The van der Waals surface area contributed by atoms with E-state index >= 15 is 0 Å². The Bertz CT molecular complexity index is 1050. The summed E-state index contributed by atoms with van der Waals surface area (Å²) in [5.41, 5.74) is 6.20. The molecule has 0 spiro atoms. The molecule has 0 saturated carbocycles. The number of Topliss-reactive ketones (excluding diaryl/α,β-unsaturated/α-hetero) is 1. The predicted molar refractivity (Wildman–Crippen MR) is 112 cm³/mol. The van der Waals surface area contributed by atoms with Gasteiger partial charge in [0.15, 0.2) is 5.78 Å². The molecule has 5 rings (SSSR count). The van der Waals surface area contributed by atoms with E-state index in [1.54, 1.807) is 0 Å².